The molecular weight excluding hydrogens is 572 g/mol. The lowest BCUT2D eigenvalue weighted by Gasteiger charge is -2.15. The first kappa shape index (κ1) is 43.1. The van der Waals surface area contributed by atoms with E-state index in [9.17, 15) is 14.7 Å². The first-order valence-corrected chi connectivity index (χ1v) is 18.1. The van der Waals surface area contributed by atoms with E-state index in [-0.39, 0.29) is 31.6 Å². The Hall–Kier alpha value is -2.92. The van der Waals surface area contributed by atoms with Crippen LogP contribution >= 0.6 is 0 Å². The Morgan fingerprint density at radius 2 is 0.870 bits per heavy atom. The lowest BCUT2D eigenvalue weighted by atomic mass is 10.1. The van der Waals surface area contributed by atoms with Gasteiger partial charge in [-0.25, -0.2) is 0 Å². The van der Waals surface area contributed by atoms with E-state index in [2.05, 4.69) is 98.9 Å². The normalized spacial score (nSPS) is 13.2. The molecule has 0 aromatic heterocycles. The summed E-state index contributed by atoms with van der Waals surface area (Å²) in [6.07, 6.45) is 49.2. The van der Waals surface area contributed by atoms with Gasteiger partial charge < -0.3 is 14.6 Å². The highest BCUT2D eigenvalue weighted by Gasteiger charge is 2.15. The van der Waals surface area contributed by atoms with Crippen LogP contribution in [0.4, 0.5) is 0 Å². The summed E-state index contributed by atoms with van der Waals surface area (Å²) >= 11 is 0. The number of hydrogen-bond donors (Lipinski definition) is 1. The number of aliphatic hydroxyl groups is 1. The van der Waals surface area contributed by atoms with Gasteiger partial charge in [0, 0.05) is 12.8 Å². The van der Waals surface area contributed by atoms with E-state index in [4.69, 9.17) is 9.47 Å². The van der Waals surface area contributed by atoms with Gasteiger partial charge in [-0.2, -0.15) is 0 Å². The molecule has 0 amide bonds. The molecule has 0 saturated heterocycles. The molecule has 0 fully saturated rings. The average Bonchev–Trinajstić information content (AvgIpc) is 3.06. The van der Waals surface area contributed by atoms with E-state index in [0.717, 1.165) is 57.8 Å². The molecule has 0 aliphatic carbocycles. The minimum atomic E-state index is -0.819. The number of carbonyl (C=O) groups is 2. The first-order chi connectivity index (χ1) is 22.6. The molecule has 0 aliphatic rings. The summed E-state index contributed by atoms with van der Waals surface area (Å²) in [7, 11) is 0. The quantitative estimate of drug-likeness (QED) is 0.0465. The van der Waals surface area contributed by atoms with Crippen LogP contribution in [0, 0.1) is 0 Å². The molecule has 0 bridgehead atoms. The van der Waals surface area contributed by atoms with Crippen LogP contribution in [0.15, 0.2) is 85.1 Å². The number of hydrogen-bond acceptors (Lipinski definition) is 5. The average molecular weight is 639 g/mol. The zero-order chi connectivity index (χ0) is 33.6. The number of carbonyl (C=O) groups excluding carboxylic acids is 2. The predicted molar refractivity (Wildman–Crippen MR) is 196 cm³/mol. The maximum Gasteiger partial charge on any atom is 0.306 e. The lowest BCUT2D eigenvalue weighted by Crippen LogP contribution is -2.28. The molecule has 0 saturated carbocycles. The van der Waals surface area contributed by atoms with Crippen LogP contribution in [-0.4, -0.2) is 36.4 Å². The van der Waals surface area contributed by atoms with Gasteiger partial charge >= 0.3 is 11.9 Å². The molecule has 5 nitrogen and oxygen atoms in total. The molecule has 0 aromatic rings. The summed E-state index contributed by atoms with van der Waals surface area (Å²) in [5, 5.41) is 9.52. The van der Waals surface area contributed by atoms with Gasteiger partial charge in [0.05, 0.1) is 6.61 Å². The molecule has 0 spiro atoms. The summed E-state index contributed by atoms with van der Waals surface area (Å²) in [6.45, 7) is 3.97. The fourth-order valence-electron chi connectivity index (χ4n) is 4.37. The number of unbranched alkanes of at least 4 members (excludes halogenated alkanes) is 9. The topological polar surface area (TPSA) is 72.8 Å². The summed E-state index contributed by atoms with van der Waals surface area (Å²) < 4.78 is 10.5. The van der Waals surface area contributed by atoms with E-state index >= 15 is 0 Å². The molecule has 5 heteroatoms. The lowest BCUT2D eigenvalue weighted by molar-refractivity contribution is -0.161. The largest absolute Gasteiger partial charge is 0.462 e. The second-order valence-corrected chi connectivity index (χ2v) is 11.6. The van der Waals surface area contributed by atoms with Gasteiger partial charge in [0.15, 0.2) is 6.10 Å². The van der Waals surface area contributed by atoms with Crippen molar-refractivity contribution >= 4 is 11.9 Å². The standard InChI is InChI=1S/C41H66O5/c1-3-5-7-9-11-13-15-17-19-20-22-24-26-28-30-32-34-36-41(44)46-39(37-42)38-45-40(43)35-33-31-29-27-25-23-21-18-16-14-12-10-8-6-4-2/h11-14,17-19,21-22,24-25,27-28,30,39,42H,3-10,15-16,20,23,26,29,31-38H2,1-2H3. The molecule has 1 atom stereocenters. The SMILES string of the molecule is CCCCCC=CCC=CCC=CCC=CCCCC(=O)OC(CO)COC(=O)CCCCC=CCC=CCC=CCCCCC. The van der Waals surface area contributed by atoms with Crippen molar-refractivity contribution in [2.75, 3.05) is 13.2 Å². The van der Waals surface area contributed by atoms with Gasteiger partial charge in [-0.15, -0.1) is 0 Å². The molecule has 0 heterocycles. The summed E-state index contributed by atoms with van der Waals surface area (Å²) in [5.74, 6) is -0.712. The number of esters is 2. The molecule has 0 aliphatic heterocycles. The van der Waals surface area contributed by atoms with E-state index in [1.807, 2.05) is 0 Å². The van der Waals surface area contributed by atoms with Gasteiger partial charge in [0.25, 0.3) is 0 Å². The second kappa shape index (κ2) is 36.5. The zero-order valence-electron chi connectivity index (χ0n) is 29.3. The first-order valence-electron chi connectivity index (χ1n) is 18.1. The highest BCUT2D eigenvalue weighted by Crippen LogP contribution is 2.07. The van der Waals surface area contributed by atoms with Crippen LogP contribution in [0.25, 0.3) is 0 Å². The fourth-order valence-corrected chi connectivity index (χ4v) is 4.37. The third kappa shape index (κ3) is 34.0. The van der Waals surface area contributed by atoms with Gasteiger partial charge in [-0.1, -0.05) is 125 Å². The Balaban J connectivity index is 3.78. The van der Waals surface area contributed by atoms with Crippen molar-refractivity contribution in [1.29, 1.82) is 0 Å². The minimum Gasteiger partial charge on any atom is -0.462 e. The van der Waals surface area contributed by atoms with Crippen LogP contribution in [0.1, 0.15) is 142 Å². The van der Waals surface area contributed by atoms with Gasteiger partial charge in [0.1, 0.15) is 6.61 Å². The van der Waals surface area contributed by atoms with Crippen LogP contribution in [0.2, 0.25) is 0 Å². The maximum absolute atomic E-state index is 12.1. The summed E-state index contributed by atoms with van der Waals surface area (Å²) in [4.78, 5) is 24.1. The minimum absolute atomic E-state index is 0.113. The van der Waals surface area contributed by atoms with Crippen molar-refractivity contribution < 1.29 is 24.2 Å². The summed E-state index contributed by atoms with van der Waals surface area (Å²) in [6, 6.07) is 0. The third-order valence-electron chi connectivity index (χ3n) is 7.16. The molecule has 0 rings (SSSR count). The number of rotatable bonds is 31. The van der Waals surface area contributed by atoms with Crippen molar-refractivity contribution in [2.24, 2.45) is 0 Å². The maximum atomic E-state index is 12.1. The van der Waals surface area contributed by atoms with Crippen molar-refractivity contribution in [3.63, 3.8) is 0 Å². The van der Waals surface area contributed by atoms with Crippen LogP contribution in [0.5, 0.6) is 0 Å². The Morgan fingerprint density at radius 1 is 0.500 bits per heavy atom. The molecule has 260 valence electrons. The molecule has 46 heavy (non-hydrogen) atoms. The van der Waals surface area contributed by atoms with Crippen LogP contribution in [0.3, 0.4) is 0 Å². The smallest absolute Gasteiger partial charge is 0.306 e. The fraction of sp³-hybridized carbons (Fsp3) is 0.610. The molecular formula is C41H66O5. The van der Waals surface area contributed by atoms with Gasteiger partial charge in [-0.3, -0.25) is 9.59 Å². The predicted octanol–water partition coefficient (Wildman–Crippen LogP) is 11.2. The highest BCUT2D eigenvalue weighted by atomic mass is 16.6. The van der Waals surface area contributed by atoms with Crippen molar-refractivity contribution in [2.45, 2.75) is 148 Å². The molecule has 0 aromatic carbocycles. The van der Waals surface area contributed by atoms with Gasteiger partial charge in [-0.05, 0) is 89.9 Å². The van der Waals surface area contributed by atoms with Crippen LogP contribution < -0.4 is 0 Å². The molecule has 1 unspecified atom stereocenters. The van der Waals surface area contributed by atoms with Crippen molar-refractivity contribution in [1.82, 2.24) is 0 Å². The van der Waals surface area contributed by atoms with E-state index < -0.39 is 6.10 Å². The molecule has 1 N–H and O–H groups in total. The Labute approximate surface area is 282 Å². The Morgan fingerprint density at radius 3 is 1.28 bits per heavy atom. The van der Waals surface area contributed by atoms with Crippen molar-refractivity contribution in [3.05, 3.63) is 85.1 Å². The number of allylic oxidation sites excluding steroid dienone is 14. The summed E-state index contributed by atoms with van der Waals surface area (Å²) in [5.41, 5.74) is 0. The number of ether oxygens (including phenoxy) is 2. The Bertz CT molecular complexity index is 906. The van der Waals surface area contributed by atoms with Crippen LogP contribution in [-0.2, 0) is 19.1 Å². The zero-order valence-corrected chi connectivity index (χ0v) is 29.3. The van der Waals surface area contributed by atoms with E-state index in [0.29, 0.717) is 12.8 Å². The van der Waals surface area contributed by atoms with E-state index in [1.165, 1.54) is 51.4 Å². The van der Waals surface area contributed by atoms with Crippen molar-refractivity contribution in [3.8, 4) is 0 Å². The third-order valence-corrected chi connectivity index (χ3v) is 7.16. The van der Waals surface area contributed by atoms with E-state index in [1.54, 1.807) is 0 Å². The number of aliphatic hydroxyl groups excluding tert-OH is 1. The highest BCUT2D eigenvalue weighted by molar-refractivity contribution is 5.70. The monoisotopic (exact) mass is 638 g/mol. The van der Waals surface area contributed by atoms with Gasteiger partial charge in [0.2, 0.25) is 0 Å². The Kier molecular flexibility index (Phi) is 34.2. The molecule has 0 radical (unpaired) electrons. The second-order valence-electron chi connectivity index (χ2n) is 11.6.